The first-order valence-electron chi connectivity index (χ1n) is 9.24. The van der Waals surface area contributed by atoms with Crippen LogP contribution in [-0.4, -0.2) is 17.5 Å². The fraction of sp³-hybridized carbons (Fsp3) is 0.304. The number of carbonyl (C=O) groups is 2. The molecule has 0 spiro atoms. The Hall–Kier alpha value is -2.88. The Kier molecular flexibility index (Phi) is 5.45. The fourth-order valence-electron chi connectivity index (χ4n) is 3.10. The molecular weight excluding hydrogens is 338 g/mol. The molecule has 1 aliphatic rings. The summed E-state index contributed by atoms with van der Waals surface area (Å²) in [5, 5.41) is 2.89. The molecule has 0 saturated carbocycles. The number of hydrogen-bond acceptors (Lipinski definition) is 3. The lowest BCUT2D eigenvalue weighted by Gasteiger charge is -2.21. The van der Waals surface area contributed by atoms with Gasteiger partial charge in [-0.1, -0.05) is 36.4 Å². The quantitative estimate of drug-likeness (QED) is 0.590. The van der Waals surface area contributed by atoms with Gasteiger partial charge < -0.3 is 10.1 Å². The van der Waals surface area contributed by atoms with Crippen molar-refractivity contribution in [2.45, 2.75) is 45.1 Å². The summed E-state index contributed by atoms with van der Waals surface area (Å²) in [6, 6.07) is 14.5. The summed E-state index contributed by atoms with van der Waals surface area (Å²) in [4.78, 5) is 25.3. The minimum Gasteiger partial charge on any atom is -0.456 e. The molecule has 3 rings (SSSR count). The summed E-state index contributed by atoms with van der Waals surface area (Å²) in [5.74, 6) is -0.385. The molecular formula is C23H25NO3. The molecule has 2 aromatic carbocycles. The second kappa shape index (κ2) is 7.78. The van der Waals surface area contributed by atoms with Crippen LogP contribution in [0.4, 0.5) is 5.69 Å². The zero-order chi connectivity index (χ0) is 19.4. The predicted molar refractivity (Wildman–Crippen MR) is 107 cm³/mol. The summed E-state index contributed by atoms with van der Waals surface area (Å²) in [6.07, 6.45) is 6.42. The lowest BCUT2D eigenvalue weighted by molar-refractivity contribution is 0.00707. The van der Waals surface area contributed by atoms with E-state index in [-0.39, 0.29) is 5.91 Å². The Balaban J connectivity index is 1.93. The highest BCUT2D eigenvalue weighted by molar-refractivity contribution is 6.08. The van der Waals surface area contributed by atoms with Crippen molar-refractivity contribution in [1.82, 2.24) is 0 Å². The number of amides is 1. The first-order chi connectivity index (χ1) is 12.8. The molecule has 1 N–H and O–H groups in total. The number of hydrogen-bond donors (Lipinski definition) is 1. The van der Waals surface area contributed by atoms with Crippen LogP contribution < -0.4 is 5.32 Å². The Labute approximate surface area is 160 Å². The zero-order valence-corrected chi connectivity index (χ0v) is 16.0. The second-order valence-electron chi connectivity index (χ2n) is 7.74. The molecule has 0 bridgehead atoms. The van der Waals surface area contributed by atoms with Gasteiger partial charge in [-0.3, -0.25) is 4.79 Å². The van der Waals surface area contributed by atoms with Crippen LogP contribution in [-0.2, 0) is 4.74 Å². The molecule has 4 nitrogen and oxygen atoms in total. The van der Waals surface area contributed by atoms with Crippen molar-refractivity contribution >= 4 is 17.6 Å². The van der Waals surface area contributed by atoms with Crippen LogP contribution in [0.3, 0.4) is 0 Å². The molecule has 4 heteroatoms. The molecule has 0 aromatic heterocycles. The summed E-state index contributed by atoms with van der Waals surface area (Å²) in [6.45, 7) is 5.47. The SMILES string of the molecule is CC(C)(C)OC(=O)c1ccc(C2C=CCC2)cc1NC(=O)c1ccccc1. The van der Waals surface area contributed by atoms with Crippen LogP contribution in [0, 0.1) is 0 Å². The van der Waals surface area contributed by atoms with E-state index in [1.54, 1.807) is 18.2 Å². The fourth-order valence-corrected chi connectivity index (χ4v) is 3.10. The Morgan fingerprint density at radius 2 is 1.81 bits per heavy atom. The number of allylic oxidation sites excluding steroid dienone is 2. The van der Waals surface area contributed by atoms with Gasteiger partial charge in [0.2, 0.25) is 0 Å². The molecule has 140 valence electrons. The second-order valence-corrected chi connectivity index (χ2v) is 7.74. The number of anilines is 1. The van der Waals surface area contributed by atoms with Gasteiger partial charge in [-0.15, -0.1) is 0 Å². The molecule has 2 aromatic rings. The molecule has 0 fully saturated rings. The van der Waals surface area contributed by atoms with Crippen molar-refractivity contribution < 1.29 is 14.3 Å². The van der Waals surface area contributed by atoms with E-state index in [0.29, 0.717) is 22.7 Å². The highest BCUT2D eigenvalue weighted by Gasteiger charge is 2.23. The van der Waals surface area contributed by atoms with E-state index in [9.17, 15) is 9.59 Å². The van der Waals surface area contributed by atoms with Crippen molar-refractivity contribution in [3.63, 3.8) is 0 Å². The van der Waals surface area contributed by atoms with Crippen molar-refractivity contribution in [1.29, 1.82) is 0 Å². The largest absolute Gasteiger partial charge is 0.456 e. The van der Waals surface area contributed by atoms with Gasteiger partial charge in [0.05, 0.1) is 11.3 Å². The maximum atomic E-state index is 12.6. The van der Waals surface area contributed by atoms with Crippen molar-refractivity contribution in [2.75, 3.05) is 5.32 Å². The van der Waals surface area contributed by atoms with Gasteiger partial charge in [0.1, 0.15) is 5.60 Å². The monoisotopic (exact) mass is 363 g/mol. The highest BCUT2D eigenvalue weighted by atomic mass is 16.6. The van der Waals surface area contributed by atoms with Crippen LogP contribution in [0.2, 0.25) is 0 Å². The van der Waals surface area contributed by atoms with Gasteiger partial charge >= 0.3 is 5.97 Å². The number of benzene rings is 2. The molecule has 0 heterocycles. The molecule has 0 aliphatic heterocycles. The van der Waals surface area contributed by atoms with E-state index in [1.165, 1.54) is 0 Å². The number of carbonyl (C=O) groups excluding carboxylic acids is 2. The third-order valence-electron chi connectivity index (χ3n) is 4.39. The molecule has 27 heavy (non-hydrogen) atoms. The molecule has 1 atom stereocenters. The number of rotatable bonds is 4. The first-order valence-corrected chi connectivity index (χ1v) is 9.24. The maximum absolute atomic E-state index is 12.6. The normalized spacial score (nSPS) is 16.2. The summed E-state index contributed by atoms with van der Waals surface area (Å²) >= 11 is 0. The highest BCUT2D eigenvalue weighted by Crippen LogP contribution is 2.32. The third kappa shape index (κ3) is 4.85. The van der Waals surface area contributed by atoms with Crippen LogP contribution in [0.1, 0.15) is 65.8 Å². The smallest absolute Gasteiger partial charge is 0.340 e. The van der Waals surface area contributed by atoms with Gasteiger partial charge in [0, 0.05) is 11.5 Å². The predicted octanol–water partition coefficient (Wildman–Crippen LogP) is 5.33. The van der Waals surface area contributed by atoms with E-state index in [0.717, 1.165) is 18.4 Å². The maximum Gasteiger partial charge on any atom is 0.340 e. The molecule has 1 aliphatic carbocycles. The number of nitrogens with one attached hydrogen (secondary N) is 1. The molecule has 0 radical (unpaired) electrons. The van der Waals surface area contributed by atoms with E-state index in [1.807, 2.05) is 51.1 Å². The average Bonchev–Trinajstić information content (AvgIpc) is 3.15. The van der Waals surface area contributed by atoms with Crippen LogP contribution in [0.25, 0.3) is 0 Å². The number of ether oxygens (including phenoxy) is 1. The van der Waals surface area contributed by atoms with E-state index in [2.05, 4.69) is 17.5 Å². The van der Waals surface area contributed by atoms with Crippen molar-refractivity contribution in [3.05, 3.63) is 77.4 Å². The lowest BCUT2D eigenvalue weighted by Crippen LogP contribution is -2.25. The lowest BCUT2D eigenvalue weighted by atomic mass is 9.96. The molecule has 1 unspecified atom stereocenters. The molecule has 0 saturated heterocycles. The van der Waals surface area contributed by atoms with E-state index < -0.39 is 11.6 Å². The van der Waals surface area contributed by atoms with Crippen LogP contribution in [0.15, 0.2) is 60.7 Å². The number of esters is 1. The van der Waals surface area contributed by atoms with E-state index in [4.69, 9.17) is 4.74 Å². The summed E-state index contributed by atoms with van der Waals surface area (Å²) < 4.78 is 5.51. The Morgan fingerprint density at radius 1 is 1.07 bits per heavy atom. The van der Waals surface area contributed by atoms with Crippen LogP contribution in [0.5, 0.6) is 0 Å². The van der Waals surface area contributed by atoms with Crippen molar-refractivity contribution in [3.8, 4) is 0 Å². The molecule has 1 amide bonds. The first kappa shape index (κ1) is 18.9. The minimum atomic E-state index is -0.606. The van der Waals surface area contributed by atoms with Gasteiger partial charge in [-0.25, -0.2) is 4.79 Å². The van der Waals surface area contributed by atoms with Crippen LogP contribution >= 0.6 is 0 Å². The topological polar surface area (TPSA) is 55.4 Å². The Morgan fingerprint density at radius 3 is 2.44 bits per heavy atom. The minimum absolute atomic E-state index is 0.250. The van der Waals surface area contributed by atoms with Gasteiger partial charge in [0.15, 0.2) is 0 Å². The average molecular weight is 363 g/mol. The standard InChI is InChI=1S/C23H25NO3/c1-23(2,3)27-22(26)19-14-13-18(16-9-7-8-10-16)15-20(19)24-21(25)17-11-5-4-6-12-17/h4-7,9,11-16H,8,10H2,1-3H3,(H,24,25). The Bertz CT molecular complexity index is 863. The van der Waals surface area contributed by atoms with Gasteiger partial charge in [-0.2, -0.15) is 0 Å². The van der Waals surface area contributed by atoms with Gasteiger partial charge in [-0.05, 0) is 63.4 Å². The summed E-state index contributed by atoms with van der Waals surface area (Å²) in [5.41, 5.74) is 1.86. The van der Waals surface area contributed by atoms with E-state index >= 15 is 0 Å². The third-order valence-corrected chi connectivity index (χ3v) is 4.39. The zero-order valence-electron chi connectivity index (χ0n) is 16.0. The van der Waals surface area contributed by atoms with Crippen molar-refractivity contribution in [2.24, 2.45) is 0 Å². The summed E-state index contributed by atoms with van der Waals surface area (Å²) in [7, 11) is 0. The van der Waals surface area contributed by atoms with Gasteiger partial charge in [0.25, 0.3) is 5.91 Å².